The molecule has 5 nitrogen and oxygen atoms in total. The Labute approximate surface area is 133 Å². The Morgan fingerprint density at radius 1 is 1.30 bits per heavy atom. The van der Waals surface area contributed by atoms with Gasteiger partial charge in [-0.2, -0.15) is 13.2 Å². The molecule has 128 valence electrons. The van der Waals surface area contributed by atoms with Gasteiger partial charge < -0.3 is 10.2 Å². The van der Waals surface area contributed by atoms with Gasteiger partial charge in [0.2, 0.25) is 5.91 Å². The van der Waals surface area contributed by atoms with Crippen molar-refractivity contribution < 1.29 is 18.0 Å². The summed E-state index contributed by atoms with van der Waals surface area (Å²) < 4.78 is 36.7. The van der Waals surface area contributed by atoms with Crippen molar-refractivity contribution in [2.24, 2.45) is 5.92 Å². The van der Waals surface area contributed by atoms with Crippen LogP contribution in [-0.4, -0.2) is 41.7 Å². The molecule has 1 amide bonds. The van der Waals surface area contributed by atoms with Crippen LogP contribution < -0.4 is 10.2 Å². The molecule has 0 saturated carbocycles. The van der Waals surface area contributed by atoms with E-state index in [4.69, 9.17) is 0 Å². The number of amides is 1. The number of hydrogen-bond donors (Lipinski definition) is 1. The van der Waals surface area contributed by atoms with E-state index in [1.807, 2.05) is 24.1 Å². The minimum Gasteiger partial charge on any atom is -0.355 e. The fourth-order valence-corrected chi connectivity index (χ4v) is 2.77. The van der Waals surface area contributed by atoms with Crippen molar-refractivity contribution in [2.75, 3.05) is 24.5 Å². The molecule has 2 rings (SSSR count). The van der Waals surface area contributed by atoms with E-state index in [2.05, 4.69) is 9.97 Å². The third-order valence-corrected chi connectivity index (χ3v) is 4.03. The molecule has 0 aliphatic carbocycles. The Balaban J connectivity index is 2.08. The number of anilines is 1. The van der Waals surface area contributed by atoms with Crippen LogP contribution in [0.3, 0.4) is 0 Å². The summed E-state index contributed by atoms with van der Waals surface area (Å²) >= 11 is 0. The summed E-state index contributed by atoms with van der Waals surface area (Å²) in [5.74, 6) is 0.406. The van der Waals surface area contributed by atoms with Crippen molar-refractivity contribution in [3.05, 3.63) is 17.1 Å². The van der Waals surface area contributed by atoms with Gasteiger partial charge in [0.05, 0.1) is 5.92 Å². The number of carbonyl (C=O) groups excluding carboxylic acids is 1. The number of nitrogens with one attached hydrogen (secondary N) is 1. The zero-order chi connectivity index (χ0) is 17.2. The first-order chi connectivity index (χ1) is 10.7. The average molecular weight is 330 g/mol. The molecule has 2 heterocycles. The minimum absolute atomic E-state index is 0.375. The van der Waals surface area contributed by atoms with E-state index >= 15 is 0 Å². The van der Waals surface area contributed by atoms with Crippen molar-refractivity contribution in [3.63, 3.8) is 0 Å². The number of aromatic nitrogens is 2. The summed E-state index contributed by atoms with van der Waals surface area (Å²) in [5.41, 5.74) is 1.81. The largest absolute Gasteiger partial charge is 0.405 e. The Bertz CT molecular complexity index is 589. The number of hydrogen-bond acceptors (Lipinski definition) is 4. The van der Waals surface area contributed by atoms with Crippen LogP contribution in [0.15, 0.2) is 0 Å². The SMILES string of the molecule is Cc1nc(C)c(C)c(N2CCCC(C(=O)NCC(F)(F)F)C2)n1. The quantitative estimate of drug-likeness (QED) is 0.924. The molecule has 1 fully saturated rings. The Morgan fingerprint density at radius 2 is 2.00 bits per heavy atom. The fraction of sp³-hybridized carbons (Fsp3) is 0.667. The standard InChI is InChI=1S/C15H21F3N4O/c1-9-10(2)20-11(3)21-13(9)22-6-4-5-12(7-22)14(23)19-8-15(16,17)18/h12H,4-8H2,1-3H3,(H,19,23). The highest BCUT2D eigenvalue weighted by Crippen LogP contribution is 2.26. The van der Waals surface area contributed by atoms with E-state index in [-0.39, 0.29) is 0 Å². The molecule has 0 aromatic carbocycles. The van der Waals surface area contributed by atoms with Gasteiger partial charge in [-0.3, -0.25) is 4.79 Å². The smallest absolute Gasteiger partial charge is 0.355 e. The summed E-state index contributed by atoms with van der Waals surface area (Å²) in [7, 11) is 0. The van der Waals surface area contributed by atoms with Crippen molar-refractivity contribution >= 4 is 11.7 Å². The summed E-state index contributed by atoms with van der Waals surface area (Å²) in [6.07, 6.45) is -3.06. The highest BCUT2D eigenvalue weighted by Gasteiger charge is 2.32. The number of aryl methyl sites for hydroxylation is 2. The molecule has 1 aliphatic heterocycles. The van der Waals surface area contributed by atoms with Crippen LogP contribution in [0.5, 0.6) is 0 Å². The predicted octanol–water partition coefficient (Wildman–Crippen LogP) is 2.30. The molecule has 1 atom stereocenters. The molecule has 0 radical (unpaired) electrons. The highest BCUT2D eigenvalue weighted by molar-refractivity contribution is 5.79. The third-order valence-electron chi connectivity index (χ3n) is 4.03. The number of rotatable bonds is 3. The minimum atomic E-state index is -4.39. The van der Waals surface area contributed by atoms with Crippen LogP contribution in [-0.2, 0) is 4.79 Å². The van der Waals surface area contributed by atoms with Crippen LogP contribution >= 0.6 is 0 Å². The molecule has 8 heteroatoms. The van der Waals surface area contributed by atoms with Gasteiger partial charge in [-0.15, -0.1) is 0 Å². The zero-order valence-corrected chi connectivity index (χ0v) is 13.5. The number of carbonyl (C=O) groups is 1. The van der Waals surface area contributed by atoms with Crippen LogP contribution in [0.25, 0.3) is 0 Å². The summed E-state index contributed by atoms with van der Waals surface area (Å²) in [6.45, 7) is 5.43. The first-order valence-electron chi connectivity index (χ1n) is 7.58. The van der Waals surface area contributed by atoms with E-state index < -0.39 is 24.5 Å². The Kier molecular flexibility index (Phi) is 5.11. The normalized spacial score (nSPS) is 18.9. The Hall–Kier alpha value is -1.86. The van der Waals surface area contributed by atoms with Crippen molar-refractivity contribution in [3.8, 4) is 0 Å². The number of piperidine rings is 1. The zero-order valence-electron chi connectivity index (χ0n) is 13.5. The maximum absolute atomic E-state index is 12.2. The predicted molar refractivity (Wildman–Crippen MR) is 80.2 cm³/mol. The highest BCUT2D eigenvalue weighted by atomic mass is 19.4. The lowest BCUT2D eigenvalue weighted by atomic mass is 9.96. The number of nitrogens with zero attached hydrogens (tertiary/aromatic N) is 3. The lowest BCUT2D eigenvalue weighted by Gasteiger charge is -2.34. The van der Waals surface area contributed by atoms with Crippen LogP contribution in [0.4, 0.5) is 19.0 Å². The van der Waals surface area contributed by atoms with Crippen molar-refractivity contribution in [1.29, 1.82) is 0 Å². The van der Waals surface area contributed by atoms with Gasteiger partial charge in [0.15, 0.2) is 0 Å². The number of alkyl halides is 3. The molecule has 1 aliphatic rings. The molecule has 1 unspecified atom stereocenters. The third kappa shape index (κ3) is 4.56. The van der Waals surface area contributed by atoms with Gasteiger partial charge in [0.25, 0.3) is 0 Å². The summed E-state index contributed by atoms with van der Waals surface area (Å²) in [4.78, 5) is 22.7. The van der Waals surface area contributed by atoms with E-state index in [9.17, 15) is 18.0 Å². The first kappa shape index (κ1) is 17.5. The molecule has 0 bridgehead atoms. The van der Waals surface area contributed by atoms with E-state index in [0.29, 0.717) is 18.8 Å². The maximum atomic E-state index is 12.2. The molecule has 1 saturated heterocycles. The van der Waals surface area contributed by atoms with Crippen molar-refractivity contribution in [1.82, 2.24) is 15.3 Å². The van der Waals surface area contributed by atoms with E-state index in [0.717, 1.165) is 30.0 Å². The van der Waals surface area contributed by atoms with Gasteiger partial charge in [-0.25, -0.2) is 9.97 Å². The van der Waals surface area contributed by atoms with Crippen LogP contribution in [0.2, 0.25) is 0 Å². The van der Waals surface area contributed by atoms with Crippen molar-refractivity contribution in [2.45, 2.75) is 39.8 Å². The van der Waals surface area contributed by atoms with Crippen LogP contribution in [0, 0.1) is 26.7 Å². The van der Waals surface area contributed by atoms with E-state index in [1.54, 1.807) is 6.92 Å². The van der Waals surface area contributed by atoms with Gasteiger partial charge in [-0.05, 0) is 33.6 Å². The molecule has 0 spiro atoms. The monoisotopic (exact) mass is 330 g/mol. The molecule has 1 N–H and O–H groups in total. The topological polar surface area (TPSA) is 58.1 Å². The molecular weight excluding hydrogens is 309 g/mol. The lowest BCUT2D eigenvalue weighted by molar-refractivity contribution is -0.140. The fourth-order valence-electron chi connectivity index (χ4n) is 2.77. The van der Waals surface area contributed by atoms with E-state index in [1.165, 1.54) is 0 Å². The first-order valence-corrected chi connectivity index (χ1v) is 7.58. The summed E-state index contributed by atoms with van der Waals surface area (Å²) in [5, 5.41) is 1.98. The summed E-state index contributed by atoms with van der Waals surface area (Å²) in [6, 6.07) is 0. The van der Waals surface area contributed by atoms with Gasteiger partial charge in [0.1, 0.15) is 18.2 Å². The molecule has 1 aromatic heterocycles. The van der Waals surface area contributed by atoms with Gasteiger partial charge in [-0.1, -0.05) is 0 Å². The Morgan fingerprint density at radius 3 is 2.65 bits per heavy atom. The molecule has 1 aromatic rings. The maximum Gasteiger partial charge on any atom is 0.405 e. The second kappa shape index (κ2) is 6.72. The van der Waals surface area contributed by atoms with Gasteiger partial charge in [0, 0.05) is 24.3 Å². The second-order valence-corrected chi connectivity index (χ2v) is 5.92. The lowest BCUT2D eigenvalue weighted by Crippen LogP contribution is -2.45. The van der Waals surface area contributed by atoms with Crippen LogP contribution in [0.1, 0.15) is 29.9 Å². The molecular formula is C15H21F3N4O. The molecule has 23 heavy (non-hydrogen) atoms. The van der Waals surface area contributed by atoms with Gasteiger partial charge >= 0.3 is 6.18 Å². The number of halogens is 3. The second-order valence-electron chi connectivity index (χ2n) is 5.92. The average Bonchev–Trinajstić information content (AvgIpc) is 2.48.